The highest BCUT2D eigenvalue weighted by atomic mass is 16.2. The molecule has 2 aliphatic rings. The summed E-state index contributed by atoms with van der Waals surface area (Å²) in [5.74, 6) is 0.354. The van der Waals surface area contributed by atoms with Crippen LogP contribution in [0.2, 0.25) is 0 Å². The van der Waals surface area contributed by atoms with Crippen LogP contribution in [-0.4, -0.2) is 18.0 Å². The number of carbonyl (C=O) groups is 1. The van der Waals surface area contributed by atoms with E-state index in [4.69, 9.17) is 5.73 Å². The first-order valence-corrected chi connectivity index (χ1v) is 7.29. The van der Waals surface area contributed by atoms with Gasteiger partial charge in [0.25, 0.3) is 0 Å². The van der Waals surface area contributed by atoms with Gasteiger partial charge in [0.2, 0.25) is 5.91 Å². The van der Waals surface area contributed by atoms with Gasteiger partial charge in [0.1, 0.15) is 0 Å². The third-order valence-corrected chi connectivity index (χ3v) is 5.87. The van der Waals surface area contributed by atoms with Gasteiger partial charge in [-0.05, 0) is 23.7 Å². The van der Waals surface area contributed by atoms with E-state index in [2.05, 4.69) is 33.0 Å². The number of hydrogen-bond donors (Lipinski definition) is 2. The van der Waals surface area contributed by atoms with Gasteiger partial charge in [-0.15, -0.1) is 0 Å². The fourth-order valence-corrected chi connectivity index (χ4v) is 3.79. The predicted octanol–water partition coefficient (Wildman–Crippen LogP) is 2.45. The van der Waals surface area contributed by atoms with Gasteiger partial charge in [-0.1, -0.05) is 47.0 Å². The first kappa shape index (κ1) is 13.9. The molecule has 0 aromatic carbocycles. The molecular formula is C15H28N2O. The summed E-state index contributed by atoms with van der Waals surface area (Å²) in [6.07, 6.45) is 5.74. The van der Waals surface area contributed by atoms with Crippen LogP contribution in [-0.2, 0) is 4.79 Å². The molecule has 104 valence electrons. The lowest BCUT2D eigenvalue weighted by atomic mass is 9.81. The van der Waals surface area contributed by atoms with E-state index in [1.165, 1.54) is 19.3 Å². The van der Waals surface area contributed by atoms with Crippen LogP contribution in [0.4, 0.5) is 0 Å². The molecule has 0 aliphatic heterocycles. The van der Waals surface area contributed by atoms with Crippen LogP contribution in [0.25, 0.3) is 0 Å². The van der Waals surface area contributed by atoms with Gasteiger partial charge >= 0.3 is 0 Å². The van der Waals surface area contributed by atoms with Gasteiger partial charge < -0.3 is 11.1 Å². The minimum atomic E-state index is -0.121. The topological polar surface area (TPSA) is 55.1 Å². The molecule has 0 unspecified atom stereocenters. The first-order valence-electron chi connectivity index (χ1n) is 7.29. The standard InChI is InChI=1S/C15H28N2O/c1-13(2)11(14(13,3)4)12(18)17-15(10-16)8-6-5-7-9-15/h11H,5-10,16H2,1-4H3,(H,17,18). The molecule has 0 spiro atoms. The van der Waals surface area contributed by atoms with Gasteiger partial charge in [-0.2, -0.15) is 0 Å². The predicted molar refractivity (Wildman–Crippen MR) is 74.1 cm³/mol. The summed E-state index contributed by atoms with van der Waals surface area (Å²) in [5, 5.41) is 3.29. The Hall–Kier alpha value is -0.570. The van der Waals surface area contributed by atoms with Gasteiger partial charge in [-0.25, -0.2) is 0 Å². The van der Waals surface area contributed by atoms with Gasteiger partial charge in [-0.3, -0.25) is 4.79 Å². The molecule has 2 aliphatic carbocycles. The summed E-state index contributed by atoms with van der Waals surface area (Å²) in [6.45, 7) is 9.33. The molecule has 0 aromatic rings. The molecule has 2 saturated carbocycles. The summed E-state index contributed by atoms with van der Waals surface area (Å²) in [5.41, 5.74) is 6.03. The van der Waals surface area contributed by atoms with Crippen molar-refractivity contribution in [1.29, 1.82) is 0 Å². The fourth-order valence-electron chi connectivity index (χ4n) is 3.79. The largest absolute Gasteiger partial charge is 0.349 e. The summed E-state index contributed by atoms with van der Waals surface area (Å²) >= 11 is 0. The van der Waals surface area contributed by atoms with Crippen molar-refractivity contribution in [3.05, 3.63) is 0 Å². The Morgan fingerprint density at radius 3 is 2.00 bits per heavy atom. The van der Waals surface area contributed by atoms with Crippen molar-refractivity contribution in [2.75, 3.05) is 6.54 Å². The molecule has 18 heavy (non-hydrogen) atoms. The second-order valence-electron chi connectivity index (χ2n) is 7.41. The van der Waals surface area contributed by atoms with Crippen LogP contribution in [0.3, 0.4) is 0 Å². The number of hydrogen-bond acceptors (Lipinski definition) is 2. The molecule has 3 heteroatoms. The van der Waals surface area contributed by atoms with E-state index in [9.17, 15) is 4.79 Å². The Bertz CT molecular complexity index is 326. The smallest absolute Gasteiger partial charge is 0.224 e. The fraction of sp³-hybridized carbons (Fsp3) is 0.933. The zero-order valence-electron chi connectivity index (χ0n) is 12.3. The van der Waals surface area contributed by atoms with E-state index >= 15 is 0 Å². The average molecular weight is 252 g/mol. The van der Waals surface area contributed by atoms with Gasteiger partial charge in [0.15, 0.2) is 0 Å². The minimum absolute atomic E-state index is 0.113. The first-order chi connectivity index (χ1) is 8.27. The van der Waals surface area contributed by atoms with Gasteiger partial charge in [0, 0.05) is 12.5 Å². The van der Waals surface area contributed by atoms with Crippen molar-refractivity contribution >= 4 is 5.91 Å². The number of rotatable bonds is 3. The van der Waals surface area contributed by atoms with E-state index in [0.29, 0.717) is 6.54 Å². The highest BCUT2D eigenvalue weighted by Gasteiger charge is 2.68. The summed E-state index contributed by atoms with van der Waals surface area (Å²) in [6, 6.07) is 0. The molecule has 0 atom stereocenters. The van der Waals surface area contributed by atoms with Crippen molar-refractivity contribution in [3.8, 4) is 0 Å². The monoisotopic (exact) mass is 252 g/mol. The number of amides is 1. The van der Waals surface area contributed by atoms with Crippen LogP contribution in [0.5, 0.6) is 0 Å². The Labute approximate surface area is 111 Å². The van der Waals surface area contributed by atoms with Crippen molar-refractivity contribution in [2.45, 2.75) is 65.3 Å². The van der Waals surface area contributed by atoms with Crippen LogP contribution in [0, 0.1) is 16.7 Å². The molecule has 1 amide bonds. The maximum Gasteiger partial charge on any atom is 0.224 e. The van der Waals surface area contributed by atoms with Crippen molar-refractivity contribution in [3.63, 3.8) is 0 Å². The maximum atomic E-state index is 12.5. The molecule has 0 radical (unpaired) electrons. The second-order valence-corrected chi connectivity index (χ2v) is 7.41. The summed E-state index contributed by atoms with van der Waals surface area (Å²) < 4.78 is 0. The zero-order chi connectivity index (χ0) is 13.6. The molecule has 0 saturated heterocycles. The highest BCUT2D eigenvalue weighted by molar-refractivity contribution is 5.84. The van der Waals surface area contributed by atoms with E-state index in [1.807, 2.05) is 0 Å². The zero-order valence-corrected chi connectivity index (χ0v) is 12.3. The lowest BCUT2D eigenvalue weighted by Crippen LogP contribution is -2.55. The minimum Gasteiger partial charge on any atom is -0.349 e. The molecule has 3 nitrogen and oxygen atoms in total. The van der Waals surface area contributed by atoms with Crippen molar-refractivity contribution in [2.24, 2.45) is 22.5 Å². The molecule has 2 fully saturated rings. The Kier molecular flexibility index (Phi) is 3.25. The third-order valence-electron chi connectivity index (χ3n) is 5.87. The second kappa shape index (κ2) is 4.22. The van der Waals surface area contributed by atoms with Crippen molar-refractivity contribution in [1.82, 2.24) is 5.32 Å². The SMILES string of the molecule is CC1(C)C(C(=O)NC2(CN)CCCCC2)C1(C)C. The van der Waals surface area contributed by atoms with Crippen LogP contribution >= 0.6 is 0 Å². The summed E-state index contributed by atoms with van der Waals surface area (Å²) in [4.78, 5) is 12.5. The number of nitrogens with one attached hydrogen (secondary N) is 1. The molecule has 0 bridgehead atoms. The lowest BCUT2D eigenvalue weighted by molar-refractivity contribution is -0.125. The summed E-state index contributed by atoms with van der Waals surface area (Å²) in [7, 11) is 0. The Morgan fingerprint density at radius 2 is 1.61 bits per heavy atom. The quantitative estimate of drug-likeness (QED) is 0.810. The van der Waals surface area contributed by atoms with E-state index in [-0.39, 0.29) is 28.2 Å². The number of carbonyl (C=O) groups excluding carboxylic acids is 1. The maximum absolute atomic E-state index is 12.5. The van der Waals surface area contributed by atoms with Crippen molar-refractivity contribution < 1.29 is 4.79 Å². The average Bonchev–Trinajstić information content (AvgIpc) is 2.70. The van der Waals surface area contributed by atoms with E-state index < -0.39 is 0 Å². The van der Waals surface area contributed by atoms with E-state index in [1.54, 1.807) is 0 Å². The highest BCUT2D eigenvalue weighted by Crippen LogP contribution is 2.68. The normalized spacial score (nSPS) is 28.7. The van der Waals surface area contributed by atoms with Gasteiger partial charge in [0.05, 0.1) is 5.54 Å². The third kappa shape index (κ3) is 1.97. The lowest BCUT2D eigenvalue weighted by Gasteiger charge is -2.37. The van der Waals surface area contributed by atoms with Crippen LogP contribution < -0.4 is 11.1 Å². The van der Waals surface area contributed by atoms with Crippen LogP contribution in [0.15, 0.2) is 0 Å². The molecule has 0 aromatic heterocycles. The van der Waals surface area contributed by atoms with E-state index in [0.717, 1.165) is 12.8 Å². The molecule has 2 rings (SSSR count). The molecular weight excluding hydrogens is 224 g/mol. The molecule has 3 N–H and O–H groups in total. The Morgan fingerprint density at radius 1 is 1.11 bits per heavy atom. The Balaban J connectivity index is 2.03. The number of nitrogens with two attached hydrogens (primary N) is 1. The molecule has 0 heterocycles. The van der Waals surface area contributed by atoms with Crippen LogP contribution in [0.1, 0.15) is 59.8 Å².